The maximum Gasteiger partial charge on any atom is 0.275 e. The van der Waals surface area contributed by atoms with Crippen LogP contribution in [0.1, 0.15) is 29.4 Å². The number of guanidine groups is 1. The van der Waals surface area contributed by atoms with Gasteiger partial charge in [-0.1, -0.05) is 12.1 Å². The monoisotopic (exact) mass is 368 g/mol. The average Bonchev–Trinajstić information content (AvgIpc) is 2.66. The predicted molar refractivity (Wildman–Crippen MR) is 99.3 cm³/mol. The van der Waals surface area contributed by atoms with Crippen molar-refractivity contribution in [3.05, 3.63) is 47.9 Å². The maximum atomic E-state index is 12.4. The van der Waals surface area contributed by atoms with Gasteiger partial charge in [0.2, 0.25) is 11.8 Å². The molecule has 0 bridgehead atoms. The van der Waals surface area contributed by atoms with Crippen LogP contribution in [0.25, 0.3) is 0 Å². The van der Waals surface area contributed by atoms with Gasteiger partial charge in [-0.15, -0.1) is 0 Å². The van der Waals surface area contributed by atoms with Gasteiger partial charge < -0.3 is 15.8 Å². The highest BCUT2D eigenvalue weighted by atomic mass is 16.5. The van der Waals surface area contributed by atoms with Crippen molar-refractivity contribution in [1.29, 1.82) is 0 Å². The summed E-state index contributed by atoms with van der Waals surface area (Å²) in [6, 6.07) is 7.14. The number of carbonyl (C=O) groups is 2. The molecule has 1 aliphatic rings. The number of hydrogen-bond acceptors (Lipinski definition) is 7. The van der Waals surface area contributed by atoms with Crippen molar-refractivity contribution >= 4 is 23.5 Å². The third kappa shape index (κ3) is 3.71. The summed E-state index contributed by atoms with van der Waals surface area (Å²) in [6.07, 6.45) is 2.89. The van der Waals surface area contributed by atoms with E-state index in [4.69, 9.17) is 10.5 Å². The number of ether oxygens (including phenoxy) is 1. The highest BCUT2D eigenvalue weighted by molar-refractivity contribution is 6.03. The molecular formula is C18H20N6O3. The average molecular weight is 368 g/mol. The largest absolute Gasteiger partial charge is 0.480 e. The molecule has 1 unspecified atom stereocenters. The van der Waals surface area contributed by atoms with Crippen LogP contribution in [-0.2, 0) is 10.3 Å². The summed E-state index contributed by atoms with van der Waals surface area (Å²) >= 11 is 0. The van der Waals surface area contributed by atoms with Crippen molar-refractivity contribution in [2.24, 2.45) is 10.7 Å². The third-order valence-electron chi connectivity index (χ3n) is 4.39. The first kappa shape index (κ1) is 18.3. The Morgan fingerprint density at radius 1 is 1.33 bits per heavy atom. The molecule has 140 valence electrons. The first-order valence-electron chi connectivity index (χ1n) is 8.22. The maximum absolute atomic E-state index is 12.4. The number of aromatic nitrogens is 2. The van der Waals surface area contributed by atoms with Gasteiger partial charge in [0.25, 0.3) is 5.91 Å². The topological polar surface area (TPSA) is 123 Å². The highest BCUT2D eigenvalue weighted by Crippen LogP contribution is 2.34. The van der Waals surface area contributed by atoms with E-state index in [-0.39, 0.29) is 24.0 Å². The second kappa shape index (κ2) is 7.02. The summed E-state index contributed by atoms with van der Waals surface area (Å²) in [4.78, 5) is 38.3. The Kier molecular flexibility index (Phi) is 4.76. The molecule has 9 heteroatoms. The molecule has 2 amide bonds. The van der Waals surface area contributed by atoms with E-state index >= 15 is 0 Å². The van der Waals surface area contributed by atoms with Gasteiger partial charge in [0.15, 0.2) is 5.96 Å². The predicted octanol–water partition coefficient (Wildman–Crippen LogP) is 1.13. The van der Waals surface area contributed by atoms with E-state index in [0.29, 0.717) is 11.6 Å². The lowest BCUT2D eigenvalue weighted by Crippen LogP contribution is -2.47. The zero-order valence-electron chi connectivity index (χ0n) is 15.3. The fourth-order valence-corrected chi connectivity index (χ4v) is 2.74. The number of hydrogen-bond donors (Lipinski definition) is 2. The van der Waals surface area contributed by atoms with Crippen LogP contribution in [0.5, 0.6) is 5.88 Å². The third-order valence-corrected chi connectivity index (χ3v) is 4.39. The summed E-state index contributed by atoms with van der Waals surface area (Å²) in [5.74, 6) is -0.0385. The standard InChI is InChI=1S/C18H20N6O3/c1-18(8-15(25)24(2)17(19)23-18)11-5-4-6-12(7-11)22-16(26)13-9-21-14(27-3)10-20-13/h4-7,9-10H,8H2,1-3H3,(H2,19,23)(H,22,26). The molecule has 0 aliphatic carbocycles. The molecule has 0 radical (unpaired) electrons. The van der Waals surface area contributed by atoms with Crippen molar-refractivity contribution in [2.45, 2.75) is 18.9 Å². The highest BCUT2D eigenvalue weighted by Gasteiger charge is 2.36. The number of anilines is 1. The smallest absolute Gasteiger partial charge is 0.275 e. The van der Waals surface area contributed by atoms with E-state index in [9.17, 15) is 9.59 Å². The van der Waals surface area contributed by atoms with Crippen molar-refractivity contribution in [1.82, 2.24) is 14.9 Å². The molecule has 2 heterocycles. The Balaban J connectivity index is 1.83. The van der Waals surface area contributed by atoms with Gasteiger partial charge in [0.05, 0.1) is 31.5 Å². The summed E-state index contributed by atoms with van der Waals surface area (Å²) in [5, 5.41) is 2.77. The molecule has 2 aromatic rings. The number of rotatable bonds is 4. The molecule has 0 fully saturated rings. The Labute approximate surface area is 156 Å². The van der Waals surface area contributed by atoms with Crippen molar-refractivity contribution in [2.75, 3.05) is 19.5 Å². The molecule has 1 aromatic heterocycles. The van der Waals surface area contributed by atoms with Gasteiger partial charge in [0, 0.05) is 12.7 Å². The lowest BCUT2D eigenvalue weighted by molar-refractivity contribution is -0.128. The van der Waals surface area contributed by atoms with Crippen molar-refractivity contribution in [3.8, 4) is 5.88 Å². The molecule has 1 aromatic carbocycles. The normalized spacial score (nSPS) is 19.4. The number of nitrogens with one attached hydrogen (secondary N) is 1. The summed E-state index contributed by atoms with van der Waals surface area (Å²) < 4.78 is 4.93. The van der Waals surface area contributed by atoms with Gasteiger partial charge in [-0.05, 0) is 24.6 Å². The number of amides is 2. The van der Waals surface area contributed by atoms with Crippen LogP contribution >= 0.6 is 0 Å². The minimum atomic E-state index is -0.797. The Morgan fingerprint density at radius 2 is 2.11 bits per heavy atom. The van der Waals surface area contributed by atoms with Crippen LogP contribution in [0.3, 0.4) is 0 Å². The number of nitrogens with zero attached hydrogens (tertiary/aromatic N) is 4. The molecule has 1 aliphatic heterocycles. The Hall–Kier alpha value is -3.49. The fraction of sp³-hybridized carbons (Fsp3) is 0.278. The van der Waals surface area contributed by atoms with E-state index in [2.05, 4.69) is 20.3 Å². The number of nitrogens with two attached hydrogens (primary N) is 1. The first-order valence-corrected chi connectivity index (χ1v) is 8.22. The van der Waals surface area contributed by atoms with E-state index in [1.165, 1.54) is 24.4 Å². The van der Waals surface area contributed by atoms with Crippen molar-refractivity contribution in [3.63, 3.8) is 0 Å². The molecule has 1 atom stereocenters. The molecular weight excluding hydrogens is 348 g/mol. The molecule has 0 spiro atoms. The minimum Gasteiger partial charge on any atom is -0.480 e. The molecule has 0 saturated carbocycles. The Bertz CT molecular complexity index is 912. The van der Waals surface area contributed by atoms with E-state index < -0.39 is 11.4 Å². The van der Waals surface area contributed by atoms with E-state index in [1.54, 1.807) is 25.2 Å². The summed E-state index contributed by atoms with van der Waals surface area (Å²) in [7, 11) is 3.06. The van der Waals surface area contributed by atoms with Crippen molar-refractivity contribution < 1.29 is 14.3 Å². The van der Waals surface area contributed by atoms with Crippen LogP contribution in [0.15, 0.2) is 41.7 Å². The lowest BCUT2D eigenvalue weighted by Gasteiger charge is -2.33. The summed E-state index contributed by atoms with van der Waals surface area (Å²) in [5.41, 5.74) is 6.54. The number of aliphatic imine (C=N–C) groups is 1. The van der Waals surface area contributed by atoms with Crippen LogP contribution in [0, 0.1) is 0 Å². The van der Waals surface area contributed by atoms with Gasteiger partial charge in [-0.2, -0.15) is 0 Å². The first-order chi connectivity index (χ1) is 12.8. The molecule has 3 N–H and O–H groups in total. The lowest BCUT2D eigenvalue weighted by atomic mass is 9.87. The van der Waals surface area contributed by atoms with Crippen LogP contribution in [-0.4, -0.2) is 46.8 Å². The number of benzene rings is 1. The van der Waals surface area contributed by atoms with Gasteiger partial charge in [-0.3, -0.25) is 14.5 Å². The van der Waals surface area contributed by atoms with Gasteiger partial charge in [-0.25, -0.2) is 15.0 Å². The van der Waals surface area contributed by atoms with Crippen LogP contribution in [0.2, 0.25) is 0 Å². The van der Waals surface area contributed by atoms with Crippen LogP contribution < -0.4 is 15.8 Å². The van der Waals surface area contributed by atoms with Crippen LogP contribution in [0.4, 0.5) is 5.69 Å². The van der Waals surface area contributed by atoms with E-state index in [1.807, 2.05) is 13.0 Å². The molecule has 0 saturated heterocycles. The minimum absolute atomic E-state index is 0.118. The summed E-state index contributed by atoms with van der Waals surface area (Å²) in [6.45, 7) is 1.83. The zero-order valence-corrected chi connectivity index (χ0v) is 15.3. The van der Waals surface area contributed by atoms with Gasteiger partial charge >= 0.3 is 0 Å². The quantitative estimate of drug-likeness (QED) is 0.834. The van der Waals surface area contributed by atoms with E-state index in [0.717, 1.165) is 5.56 Å². The number of methoxy groups -OCH3 is 1. The molecule has 27 heavy (non-hydrogen) atoms. The number of carbonyl (C=O) groups excluding carboxylic acids is 2. The molecule has 3 rings (SSSR count). The SMILES string of the molecule is COc1cnc(C(=O)Nc2cccc(C3(C)CC(=O)N(C)C(N)=N3)c2)cn1. The second-order valence-electron chi connectivity index (χ2n) is 6.35. The Morgan fingerprint density at radius 3 is 2.74 bits per heavy atom. The molecule has 9 nitrogen and oxygen atoms in total. The van der Waals surface area contributed by atoms with Gasteiger partial charge in [0.1, 0.15) is 5.69 Å². The fourth-order valence-electron chi connectivity index (χ4n) is 2.74. The second-order valence-corrected chi connectivity index (χ2v) is 6.35. The zero-order chi connectivity index (χ0) is 19.6.